The Morgan fingerprint density at radius 2 is 2.00 bits per heavy atom. The highest BCUT2D eigenvalue weighted by molar-refractivity contribution is 8.02. The summed E-state index contributed by atoms with van der Waals surface area (Å²) in [5, 5.41) is 2.11. The molecule has 12 heavy (non-hydrogen) atoms. The van der Waals surface area contributed by atoms with Crippen LogP contribution in [0.5, 0.6) is 0 Å². The van der Waals surface area contributed by atoms with Gasteiger partial charge < -0.3 is 4.90 Å². The van der Waals surface area contributed by atoms with Crippen molar-refractivity contribution in [2.45, 2.75) is 0 Å². The molecule has 0 bridgehead atoms. The van der Waals surface area contributed by atoms with Gasteiger partial charge in [-0.05, 0) is 30.0 Å². The molecule has 2 heteroatoms. The van der Waals surface area contributed by atoms with E-state index in [0.717, 1.165) is 11.4 Å². The zero-order valence-electron chi connectivity index (χ0n) is 6.73. The fourth-order valence-electron chi connectivity index (χ4n) is 1.13. The first-order valence-corrected chi connectivity index (χ1v) is 4.88. The Kier molecular flexibility index (Phi) is 2.09. The average Bonchev–Trinajstić information content (AvgIpc) is 2.58. The standard InChI is InChI=1S/C10H10NS/c1-9-2-4-10(5-3-9)11-6-7-12-8-11/h2-7H,1,8H2. The summed E-state index contributed by atoms with van der Waals surface area (Å²) in [5.41, 5.74) is 2.30. The Balaban J connectivity index is 2.23. The highest BCUT2D eigenvalue weighted by Crippen LogP contribution is 2.23. The van der Waals surface area contributed by atoms with Crippen LogP contribution in [0.1, 0.15) is 5.56 Å². The third kappa shape index (κ3) is 1.48. The summed E-state index contributed by atoms with van der Waals surface area (Å²) in [4.78, 5) is 2.21. The Morgan fingerprint density at radius 3 is 2.58 bits per heavy atom. The topological polar surface area (TPSA) is 3.24 Å². The minimum Gasteiger partial charge on any atom is -0.337 e. The van der Waals surface area contributed by atoms with Gasteiger partial charge in [0.2, 0.25) is 0 Å². The third-order valence-electron chi connectivity index (χ3n) is 1.82. The molecule has 1 nitrogen and oxygen atoms in total. The second-order valence-electron chi connectivity index (χ2n) is 2.72. The smallest absolute Gasteiger partial charge is 0.0723 e. The molecule has 1 aromatic carbocycles. The van der Waals surface area contributed by atoms with Crippen LogP contribution in [0.4, 0.5) is 5.69 Å². The first-order valence-electron chi connectivity index (χ1n) is 3.83. The minimum absolute atomic E-state index is 1.02. The summed E-state index contributed by atoms with van der Waals surface area (Å²) in [6.45, 7) is 3.85. The van der Waals surface area contributed by atoms with Crippen LogP contribution in [-0.2, 0) is 0 Å². The molecular formula is C10H10NS. The summed E-state index contributed by atoms with van der Waals surface area (Å²) in [7, 11) is 0. The summed E-state index contributed by atoms with van der Waals surface area (Å²) < 4.78 is 0. The summed E-state index contributed by atoms with van der Waals surface area (Å²) >= 11 is 1.81. The van der Waals surface area contributed by atoms with Crippen LogP contribution in [-0.4, -0.2) is 5.88 Å². The molecule has 61 valence electrons. The van der Waals surface area contributed by atoms with E-state index < -0.39 is 0 Å². The first-order chi connectivity index (χ1) is 5.86. The molecule has 0 aliphatic carbocycles. The van der Waals surface area contributed by atoms with E-state index >= 15 is 0 Å². The molecule has 1 radical (unpaired) electrons. The molecule has 0 N–H and O–H groups in total. The Hall–Kier alpha value is -0.890. The third-order valence-corrected chi connectivity index (χ3v) is 2.56. The van der Waals surface area contributed by atoms with Gasteiger partial charge in [0.25, 0.3) is 0 Å². The Bertz CT molecular complexity index is 289. The van der Waals surface area contributed by atoms with Crippen LogP contribution in [0.15, 0.2) is 35.9 Å². The maximum Gasteiger partial charge on any atom is 0.0723 e. The van der Waals surface area contributed by atoms with E-state index in [4.69, 9.17) is 0 Å². The average molecular weight is 176 g/mol. The van der Waals surface area contributed by atoms with E-state index in [1.807, 2.05) is 23.9 Å². The second-order valence-corrected chi connectivity index (χ2v) is 3.58. The number of anilines is 1. The van der Waals surface area contributed by atoms with Crippen molar-refractivity contribution in [3.8, 4) is 0 Å². The molecular weight excluding hydrogens is 166 g/mol. The van der Waals surface area contributed by atoms with Gasteiger partial charge in [-0.15, -0.1) is 11.8 Å². The Morgan fingerprint density at radius 1 is 1.25 bits per heavy atom. The number of hydrogen-bond acceptors (Lipinski definition) is 2. The lowest BCUT2D eigenvalue weighted by molar-refractivity contribution is 1.19. The van der Waals surface area contributed by atoms with Crippen LogP contribution in [0.3, 0.4) is 0 Å². The van der Waals surface area contributed by atoms with Crippen molar-refractivity contribution in [1.29, 1.82) is 0 Å². The van der Waals surface area contributed by atoms with Crippen molar-refractivity contribution >= 4 is 17.4 Å². The number of thioether (sulfide) groups is 1. The maximum atomic E-state index is 3.85. The summed E-state index contributed by atoms with van der Waals surface area (Å²) in [6, 6.07) is 8.26. The van der Waals surface area contributed by atoms with E-state index in [1.165, 1.54) is 5.69 Å². The van der Waals surface area contributed by atoms with Crippen LogP contribution in [0.2, 0.25) is 0 Å². The normalized spacial score (nSPS) is 15.6. The van der Waals surface area contributed by atoms with Gasteiger partial charge in [-0.25, -0.2) is 0 Å². The first kappa shape index (κ1) is 7.74. The van der Waals surface area contributed by atoms with Crippen LogP contribution in [0.25, 0.3) is 0 Å². The molecule has 1 aliphatic rings. The monoisotopic (exact) mass is 176 g/mol. The van der Waals surface area contributed by atoms with Crippen molar-refractivity contribution in [1.82, 2.24) is 0 Å². The molecule has 1 aromatic rings. The number of nitrogens with zero attached hydrogens (tertiary/aromatic N) is 1. The predicted octanol–water partition coefficient (Wildman–Crippen LogP) is 2.85. The fourth-order valence-corrected chi connectivity index (χ4v) is 1.85. The van der Waals surface area contributed by atoms with Crippen molar-refractivity contribution < 1.29 is 0 Å². The lowest BCUT2D eigenvalue weighted by atomic mass is 10.2. The van der Waals surface area contributed by atoms with Crippen molar-refractivity contribution in [2.75, 3.05) is 10.8 Å². The van der Waals surface area contributed by atoms with Gasteiger partial charge in [0.1, 0.15) is 0 Å². The van der Waals surface area contributed by atoms with Crippen LogP contribution >= 0.6 is 11.8 Å². The van der Waals surface area contributed by atoms with Gasteiger partial charge >= 0.3 is 0 Å². The summed E-state index contributed by atoms with van der Waals surface area (Å²) in [6.07, 6.45) is 2.10. The minimum atomic E-state index is 1.02. The van der Waals surface area contributed by atoms with Gasteiger partial charge in [0.15, 0.2) is 0 Å². The van der Waals surface area contributed by atoms with Gasteiger partial charge in [-0.1, -0.05) is 12.1 Å². The number of rotatable bonds is 1. The molecule has 1 heterocycles. The fraction of sp³-hybridized carbons (Fsp3) is 0.100. The van der Waals surface area contributed by atoms with Gasteiger partial charge in [-0.2, -0.15) is 0 Å². The van der Waals surface area contributed by atoms with Gasteiger partial charge in [0.05, 0.1) is 5.88 Å². The van der Waals surface area contributed by atoms with Crippen molar-refractivity contribution in [2.24, 2.45) is 0 Å². The Labute approximate surface area is 77.1 Å². The zero-order valence-corrected chi connectivity index (χ0v) is 7.55. The van der Waals surface area contributed by atoms with E-state index in [2.05, 4.69) is 35.6 Å². The van der Waals surface area contributed by atoms with E-state index in [0.29, 0.717) is 0 Å². The van der Waals surface area contributed by atoms with Gasteiger partial charge in [0, 0.05) is 11.9 Å². The quantitative estimate of drug-likeness (QED) is 0.647. The lowest BCUT2D eigenvalue weighted by Crippen LogP contribution is -2.10. The highest BCUT2D eigenvalue weighted by atomic mass is 32.2. The van der Waals surface area contributed by atoms with E-state index in [1.54, 1.807) is 0 Å². The maximum absolute atomic E-state index is 3.85. The lowest BCUT2D eigenvalue weighted by Gasteiger charge is -2.14. The molecule has 1 aliphatic heterocycles. The van der Waals surface area contributed by atoms with Crippen molar-refractivity contribution in [3.63, 3.8) is 0 Å². The largest absolute Gasteiger partial charge is 0.337 e. The molecule has 0 saturated carbocycles. The molecule has 0 aromatic heterocycles. The number of benzene rings is 1. The molecule has 0 atom stereocenters. The summed E-state index contributed by atoms with van der Waals surface area (Å²) in [5.74, 6) is 1.02. The SMILES string of the molecule is [CH2]c1ccc(N2C=CSC2)cc1. The molecule has 0 amide bonds. The number of hydrogen-bond donors (Lipinski definition) is 0. The van der Waals surface area contributed by atoms with Crippen LogP contribution < -0.4 is 4.90 Å². The molecule has 0 spiro atoms. The van der Waals surface area contributed by atoms with E-state index in [9.17, 15) is 0 Å². The van der Waals surface area contributed by atoms with Gasteiger partial charge in [-0.3, -0.25) is 0 Å². The molecule has 0 fully saturated rings. The highest BCUT2D eigenvalue weighted by Gasteiger charge is 2.05. The van der Waals surface area contributed by atoms with Crippen LogP contribution in [0, 0.1) is 6.92 Å². The molecule has 2 rings (SSSR count). The molecule has 0 saturated heterocycles. The van der Waals surface area contributed by atoms with E-state index in [-0.39, 0.29) is 0 Å². The predicted molar refractivity (Wildman–Crippen MR) is 55.0 cm³/mol. The molecule has 0 unspecified atom stereocenters. The zero-order chi connectivity index (χ0) is 8.39. The second kappa shape index (κ2) is 3.23. The van der Waals surface area contributed by atoms with Crippen molar-refractivity contribution in [3.05, 3.63) is 48.4 Å².